The van der Waals surface area contributed by atoms with E-state index in [1.54, 1.807) is 0 Å². The van der Waals surface area contributed by atoms with Gasteiger partial charge in [-0.1, -0.05) is 19.3 Å². The molecular formula is C15H21F2NO2. The van der Waals surface area contributed by atoms with E-state index in [0.717, 1.165) is 32.1 Å². The van der Waals surface area contributed by atoms with E-state index in [-0.39, 0.29) is 16.9 Å². The Labute approximate surface area is 118 Å². The fourth-order valence-corrected chi connectivity index (χ4v) is 3.18. The lowest BCUT2D eigenvalue weighted by Gasteiger charge is -2.38. The van der Waals surface area contributed by atoms with Crippen LogP contribution in [0, 0.1) is 11.6 Å². The zero-order valence-electron chi connectivity index (χ0n) is 12.0. The van der Waals surface area contributed by atoms with Crippen molar-refractivity contribution in [2.75, 3.05) is 20.8 Å². The molecule has 1 fully saturated rings. The molecule has 1 aromatic rings. The summed E-state index contributed by atoms with van der Waals surface area (Å²) >= 11 is 0. The van der Waals surface area contributed by atoms with Gasteiger partial charge >= 0.3 is 0 Å². The Balaban J connectivity index is 2.62. The van der Waals surface area contributed by atoms with Gasteiger partial charge < -0.3 is 15.2 Å². The van der Waals surface area contributed by atoms with Crippen molar-refractivity contribution in [3.05, 3.63) is 23.3 Å². The Kier molecular flexibility index (Phi) is 4.48. The highest BCUT2D eigenvalue weighted by Crippen LogP contribution is 2.47. The SMILES string of the molecule is COc1c(C2(CN)CCCCC2)cc(F)c(F)c1OC. The number of hydrogen-bond donors (Lipinski definition) is 1. The van der Waals surface area contributed by atoms with Crippen LogP contribution in [0.25, 0.3) is 0 Å². The first-order valence-corrected chi connectivity index (χ1v) is 6.90. The number of halogens is 2. The van der Waals surface area contributed by atoms with E-state index in [0.29, 0.717) is 12.1 Å². The third-order valence-corrected chi connectivity index (χ3v) is 4.31. The standard InChI is InChI=1S/C15H21F2NO2/c1-19-13-10(8-11(16)12(17)14(13)20-2)15(9-18)6-4-3-5-7-15/h8H,3-7,9,18H2,1-2H3. The molecule has 20 heavy (non-hydrogen) atoms. The minimum absolute atomic E-state index is 0.180. The predicted octanol–water partition coefficient (Wildman–Crippen LogP) is 3.14. The molecule has 3 nitrogen and oxygen atoms in total. The van der Waals surface area contributed by atoms with Gasteiger partial charge in [0.1, 0.15) is 0 Å². The molecule has 0 bridgehead atoms. The Bertz CT molecular complexity index is 485. The first kappa shape index (κ1) is 15.0. The van der Waals surface area contributed by atoms with Gasteiger partial charge in [0, 0.05) is 17.5 Å². The monoisotopic (exact) mass is 285 g/mol. The Morgan fingerprint density at radius 2 is 1.70 bits per heavy atom. The molecule has 0 saturated heterocycles. The minimum atomic E-state index is -1.02. The molecule has 2 rings (SSSR count). The Morgan fingerprint density at radius 3 is 2.20 bits per heavy atom. The third kappa shape index (κ3) is 2.35. The van der Waals surface area contributed by atoms with Crippen LogP contribution in [0.3, 0.4) is 0 Å². The predicted molar refractivity (Wildman–Crippen MR) is 73.3 cm³/mol. The molecule has 1 aliphatic carbocycles. The molecule has 0 radical (unpaired) electrons. The number of hydrogen-bond acceptors (Lipinski definition) is 3. The first-order valence-electron chi connectivity index (χ1n) is 6.90. The van der Waals surface area contributed by atoms with Gasteiger partial charge in [0.2, 0.25) is 5.82 Å². The van der Waals surface area contributed by atoms with Gasteiger partial charge in [0.25, 0.3) is 0 Å². The summed E-state index contributed by atoms with van der Waals surface area (Å²) in [5, 5.41) is 0. The van der Waals surface area contributed by atoms with Crippen LogP contribution in [0.1, 0.15) is 37.7 Å². The highest BCUT2D eigenvalue weighted by atomic mass is 19.2. The van der Waals surface area contributed by atoms with Crippen molar-refractivity contribution in [1.29, 1.82) is 0 Å². The van der Waals surface area contributed by atoms with Gasteiger partial charge in [-0.05, 0) is 18.9 Å². The van der Waals surface area contributed by atoms with Gasteiger partial charge in [0.05, 0.1) is 14.2 Å². The molecule has 1 aromatic carbocycles. The average Bonchev–Trinajstić information content (AvgIpc) is 2.49. The molecule has 2 N–H and O–H groups in total. The summed E-state index contributed by atoms with van der Waals surface area (Å²) in [6, 6.07) is 1.22. The second-order valence-electron chi connectivity index (χ2n) is 5.33. The molecule has 0 aromatic heterocycles. The van der Waals surface area contributed by atoms with Crippen molar-refractivity contribution >= 4 is 0 Å². The van der Waals surface area contributed by atoms with E-state index in [9.17, 15) is 8.78 Å². The summed E-state index contributed by atoms with van der Waals surface area (Å²) in [7, 11) is 2.74. The van der Waals surface area contributed by atoms with Crippen LogP contribution in [0.4, 0.5) is 8.78 Å². The molecule has 0 heterocycles. The van der Waals surface area contributed by atoms with Crippen LogP contribution >= 0.6 is 0 Å². The van der Waals surface area contributed by atoms with E-state index in [1.807, 2.05) is 0 Å². The molecule has 0 amide bonds. The minimum Gasteiger partial charge on any atom is -0.492 e. The molecule has 0 unspecified atom stereocenters. The van der Waals surface area contributed by atoms with Crippen molar-refractivity contribution in [3.8, 4) is 11.5 Å². The molecule has 0 atom stereocenters. The summed E-state index contributed by atoms with van der Waals surface area (Å²) in [5.41, 5.74) is 6.23. The maximum atomic E-state index is 13.9. The van der Waals surface area contributed by atoms with Crippen molar-refractivity contribution in [2.24, 2.45) is 5.73 Å². The summed E-state index contributed by atoms with van der Waals surface area (Å²) in [6.45, 7) is 0.386. The maximum Gasteiger partial charge on any atom is 0.204 e. The fourth-order valence-electron chi connectivity index (χ4n) is 3.18. The lowest BCUT2D eigenvalue weighted by Crippen LogP contribution is -2.37. The van der Waals surface area contributed by atoms with Crippen LogP contribution < -0.4 is 15.2 Å². The highest BCUT2D eigenvalue weighted by Gasteiger charge is 2.37. The molecule has 1 aliphatic rings. The lowest BCUT2D eigenvalue weighted by molar-refractivity contribution is 0.274. The Hall–Kier alpha value is -1.36. The maximum absolute atomic E-state index is 13.9. The van der Waals surface area contributed by atoms with Crippen LogP contribution in [0.15, 0.2) is 6.07 Å². The topological polar surface area (TPSA) is 44.5 Å². The van der Waals surface area contributed by atoms with Crippen LogP contribution in [-0.4, -0.2) is 20.8 Å². The van der Waals surface area contributed by atoms with Gasteiger partial charge in [0.15, 0.2) is 17.3 Å². The fraction of sp³-hybridized carbons (Fsp3) is 0.600. The van der Waals surface area contributed by atoms with E-state index in [4.69, 9.17) is 15.2 Å². The summed E-state index contributed by atoms with van der Waals surface area (Å²) in [5.74, 6) is -1.85. The van der Waals surface area contributed by atoms with E-state index in [1.165, 1.54) is 20.3 Å². The smallest absolute Gasteiger partial charge is 0.204 e. The third-order valence-electron chi connectivity index (χ3n) is 4.31. The number of nitrogens with two attached hydrogens (primary N) is 1. The number of benzene rings is 1. The number of methoxy groups -OCH3 is 2. The van der Waals surface area contributed by atoms with Crippen LogP contribution in [0.5, 0.6) is 11.5 Å². The van der Waals surface area contributed by atoms with E-state index in [2.05, 4.69) is 0 Å². The zero-order valence-corrected chi connectivity index (χ0v) is 12.0. The largest absolute Gasteiger partial charge is 0.492 e. The average molecular weight is 285 g/mol. The van der Waals surface area contributed by atoms with Crippen LogP contribution in [0.2, 0.25) is 0 Å². The second kappa shape index (κ2) is 5.95. The van der Waals surface area contributed by atoms with Crippen molar-refractivity contribution in [2.45, 2.75) is 37.5 Å². The van der Waals surface area contributed by atoms with E-state index >= 15 is 0 Å². The normalized spacial score (nSPS) is 17.9. The molecular weight excluding hydrogens is 264 g/mol. The van der Waals surface area contributed by atoms with Gasteiger partial charge in [-0.25, -0.2) is 4.39 Å². The number of ether oxygens (including phenoxy) is 2. The molecule has 112 valence electrons. The van der Waals surface area contributed by atoms with Crippen molar-refractivity contribution in [1.82, 2.24) is 0 Å². The van der Waals surface area contributed by atoms with Crippen molar-refractivity contribution < 1.29 is 18.3 Å². The summed E-state index contributed by atoms with van der Waals surface area (Å²) in [6.07, 6.45) is 4.91. The molecule has 0 aliphatic heterocycles. The lowest BCUT2D eigenvalue weighted by atomic mass is 9.69. The van der Waals surface area contributed by atoms with E-state index < -0.39 is 11.6 Å². The highest BCUT2D eigenvalue weighted by molar-refractivity contribution is 5.52. The quantitative estimate of drug-likeness (QED) is 0.924. The Morgan fingerprint density at radius 1 is 1.10 bits per heavy atom. The van der Waals surface area contributed by atoms with Gasteiger partial charge in [-0.3, -0.25) is 0 Å². The molecule has 1 saturated carbocycles. The molecule has 0 spiro atoms. The summed E-state index contributed by atoms with van der Waals surface area (Å²) in [4.78, 5) is 0. The van der Waals surface area contributed by atoms with Gasteiger partial charge in [-0.2, -0.15) is 4.39 Å². The number of rotatable bonds is 4. The second-order valence-corrected chi connectivity index (χ2v) is 5.33. The summed E-state index contributed by atoms with van der Waals surface area (Å²) < 4.78 is 38.0. The first-order chi connectivity index (χ1) is 9.59. The van der Waals surface area contributed by atoms with Gasteiger partial charge in [-0.15, -0.1) is 0 Å². The zero-order chi connectivity index (χ0) is 14.8. The van der Waals surface area contributed by atoms with Crippen LogP contribution in [-0.2, 0) is 5.41 Å². The van der Waals surface area contributed by atoms with Crippen molar-refractivity contribution in [3.63, 3.8) is 0 Å². The molecule has 5 heteroatoms.